The van der Waals surface area contributed by atoms with Gasteiger partial charge in [0.2, 0.25) is 0 Å². The Morgan fingerprint density at radius 3 is 3.00 bits per heavy atom. The molecule has 0 aromatic carbocycles. The molecule has 0 radical (unpaired) electrons. The Balaban J connectivity index is 2.13. The highest BCUT2D eigenvalue weighted by molar-refractivity contribution is 5.96. The minimum Gasteiger partial charge on any atom is -0.397 e. The number of carbonyl (C=O) groups excluding carboxylic acids is 1. The summed E-state index contributed by atoms with van der Waals surface area (Å²) in [5.41, 5.74) is 7.34. The monoisotopic (exact) mass is 221 g/mol. The molecule has 2 rings (SSSR count). The summed E-state index contributed by atoms with van der Waals surface area (Å²) >= 11 is 0. The Kier molecular flexibility index (Phi) is 2.78. The first-order chi connectivity index (χ1) is 7.61. The van der Waals surface area contributed by atoms with Crippen LogP contribution in [0.2, 0.25) is 0 Å². The number of aromatic nitrogens is 1. The Bertz CT molecular complexity index is 414. The number of nitrogens with zero attached hydrogens (tertiary/aromatic N) is 2. The average Bonchev–Trinajstić information content (AvgIpc) is 2.20. The fourth-order valence-electron chi connectivity index (χ4n) is 1.79. The quantitative estimate of drug-likeness (QED) is 0.738. The maximum Gasteiger partial charge on any atom is 0.255 e. The lowest BCUT2D eigenvalue weighted by atomic mass is 9.99. The second kappa shape index (κ2) is 4.09. The summed E-state index contributed by atoms with van der Waals surface area (Å²) in [6, 6.07) is 1.65. The fourth-order valence-corrected chi connectivity index (χ4v) is 1.79. The van der Waals surface area contributed by atoms with Gasteiger partial charge in [-0.3, -0.25) is 9.78 Å². The molecule has 1 aliphatic rings. The SMILES string of the molecule is Cc1ncc(N)cc1C(=O)N1CC(CO)C1. The van der Waals surface area contributed by atoms with E-state index in [1.807, 2.05) is 0 Å². The summed E-state index contributed by atoms with van der Waals surface area (Å²) in [5.74, 6) is 0.167. The number of hydrogen-bond donors (Lipinski definition) is 2. The zero-order valence-corrected chi connectivity index (χ0v) is 9.18. The molecule has 0 unspecified atom stereocenters. The molecule has 1 fully saturated rings. The van der Waals surface area contributed by atoms with Crippen LogP contribution in [-0.4, -0.2) is 40.6 Å². The van der Waals surface area contributed by atoms with Gasteiger partial charge in [-0.15, -0.1) is 0 Å². The first-order valence-corrected chi connectivity index (χ1v) is 5.24. The van der Waals surface area contributed by atoms with Crippen molar-refractivity contribution in [3.8, 4) is 0 Å². The van der Waals surface area contributed by atoms with Crippen molar-refractivity contribution in [2.45, 2.75) is 6.92 Å². The minimum atomic E-state index is -0.0537. The van der Waals surface area contributed by atoms with Crippen molar-refractivity contribution >= 4 is 11.6 Å². The van der Waals surface area contributed by atoms with Crippen molar-refractivity contribution in [3.63, 3.8) is 0 Å². The molecule has 5 heteroatoms. The standard InChI is InChI=1S/C11H15N3O2/c1-7-10(2-9(12)3-13-7)11(16)14-4-8(5-14)6-15/h2-3,8,15H,4-6,12H2,1H3. The van der Waals surface area contributed by atoms with E-state index < -0.39 is 0 Å². The van der Waals surface area contributed by atoms with Gasteiger partial charge in [-0.1, -0.05) is 0 Å². The molecule has 1 aromatic rings. The third kappa shape index (κ3) is 1.86. The summed E-state index contributed by atoms with van der Waals surface area (Å²) < 4.78 is 0. The second-order valence-corrected chi connectivity index (χ2v) is 4.16. The van der Waals surface area contributed by atoms with E-state index in [2.05, 4.69) is 4.98 Å². The van der Waals surface area contributed by atoms with Gasteiger partial charge in [-0.25, -0.2) is 0 Å². The van der Waals surface area contributed by atoms with Gasteiger partial charge in [0.15, 0.2) is 0 Å². The van der Waals surface area contributed by atoms with Gasteiger partial charge < -0.3 is 15.7 Å². The molecule has 0 atom stereocenters. The van der Waals surface area contributed by atoms with Crippen LogP contribution in [-0.2, 0) is 0 Å². The Labute approximate surface area is 93.9 Å². The van der Waals surface area contributed by atoms with E-state index in [-0.39, 0.29) is 18.4 Å². The van der Waals surface area contributed by atoms with Crippen molar-refractivity contribution in [2.75, 3.05) is 25.4 Å². The summed E-state index contributed by atoms with van der Waals surface area (Å²) in [5, 5.41) is 8.88. The highest BCUT2D eigenvalue weighted by Crippen LogP contribution is 2.20. The molecule has 1 amide bonds. The number of nitrogens with two attached hydrogens (primary N) is 1. The number of aliphatic hydroxyl groups is 1. The van der Waals surface area contributed by atoms with E-state index in [1.165, 1.54) is 0 Å². The number of rotatable bonds is 2. The topological polar surface area (TPSA) is 79.5 Å². The fraction of sp³-hybridized carbons (Fsp3) is 0.455. The minimum absolute atomic E-state index is 0.0537. The van der Waals surface area contributed by atoms with Crippen molar-refractivity contribution in [2.24, 2.45) is 5.92 Å². The lowest BCUT2D eigenvalue weighted by Crippen LogP contribution is -2.51. The molecule has 1 aromatic heterocycles. The van der Waals surface area contributed by atoms with Gasteiger partial charge in [0.1, 0.15) is 0 Å². The molecule has 5 nitrogen and oxygen atoms in total. The van der Waals surface area contributed by atoms with E-state index in [0.717, 1.165) is 0 Å². The first kappa shape index (κ1) is 10.9. The van der Waals surface area contributed by atoms with Crippen molar-refractivity contribution < 1.29 is 9.90 Å². The number of amides is 1. The van der Waals surface area contributed by atoms with Gasteiger partial charge in [-0.2, -0.15) is 0 Å². The third-order valence-corrected chi connectivity index (χ3v) is 2.84. The predicted octanol–water partition coefficient (Wildman–Crippen LogP) is 0.0365. The van der Waals surface area contributed by atoms with Crippen molar-refractivity contribution in [1.29, 1.82) is 0 Å². The van der Waals surface area contributed by atoms with Gasteiger partial charge in [0.25, 0.3) is 5.91 Å². The Morgan fingerprint density at radius 1 is 1.69 bits per heavy atom. The molecular formula is C11H15N3O2. The van der Waals surface area contributed by atoms with Crippen LogP contribution < -0.4 is 5.73 Å². The third-order valence-electron chi connectivity index (χ3n) is 2.84. The number of hydrogen-bond acceptors (Lipinski definition) is 4. The van der Waals surface area contributed by atoms with Gasteiger partial charge in [-0.05, 0) is 13.0 Å². The van der Waals surface area contributed by atoms with Crippen LogP contribution in [0.3, 0.4) is 0 Å². The molecule has 0 bridgehead atoms. The number of nitrogen functional groups attached to an aromatic ring is 1. The summed E-state index contributed by atoms with van der Waals surface area (Å²) in [6.07, 6.45) is 1.54. The molecule has 2 heterocycles. The van der Waals surface area contributed by atoms with Crippen LogP contribution >= 0.6 is 0 Å². The predicted molar refractivity (Wildman–Crippen MR) is 59.9 cm³/mol. The normalized spacial score (nSPS) is 16.0. The zero-order chi connectivity index (χ0) is 11.7. The number of carbonyl (C=O) groups is 1. The molecule has 16 heavy (non-hydrogen) atoms. The maximum atomic E-state index is 12.0. The Morgan fingerprint density at radius 2 is 2.38 bits per heavy atom. The second-order valence-electron chi connectivity index (χ2n) is 4.16. The van der Waals surface area contributed by atoms with Gasteiger partial charge >= 0.3 is 0 Å². The van der Waals surface area contributed by atoms with E-state index in [4.69, 9.17) is 10.8 Å². The van der Waals surface area contributed by atoms with Crippen LogP contribution in [0.15, 0.2) is 12.3 Å². The molecule has 0 aliphatic carbocycles. The van der Waals surface area contributed by atoms with Crippen LogP contribution in [0.4, 0.5) is 5.69 Å². The van der Waals surface area contributed by atoms with E-state index in [1.54, 1.807) is 24.1 Å². The largest absolute Gasteiger partial charge is 0.397 e. The van der Waals surface area contributed by atoms with Crippen LogP contribution in [0.5, 0.6) is 0 Å². The number of aryl methyl sites for hydroxylation is 1. The summed E-state index contributed by atoms with van der Waals surface area (Å²) in [6.45, 7) is 3.15. The highest BCUT2D eigenvalue weighted by atomic mass is 16.3. The Hall–Kier alpha value is -1.62. The summed E-state index contributed by atoms with van der Waals surface area (Å²) in [7, 11) is 0. The molecule has 3 N–H and O–H groups in total. The molecular weight excluding hydrogens is 206 g/mol. The highest BCUT2D eigenvalue weighted by Gasteiger charge is 2.31. The molecule has 0 spiro atoms. The maximum absolute atomic E-state index is 12.0. The number of likely N-dealkylation sites (tertiary alicyclic amines) is 1. The number of pyridine rings is 1. The van der Waals surface area contributed by atoms with Crippen molar-refractivity contribution in [3.05, 3.63) is 23.5 Å². The first-order valence-electron chi connectivity index (χ1n) is 5.24. The van der Waals surface area contributed by atoms with Crippen LogP contribution in [0.1, 0.15) is 16.1 Å². The molecule has 86 valence electrons. The average molecular weight is 221 g/mol. The van der Waals surface area contributed by atoms with E-state index in [9.17, 15) is 4.79 Å². The zero-order valence-electron chi connectivity index (χ0n) is 9.18. The smallest absolute Gasteiger partial charge is 0.255 e. The van der Waals surface area contributed by atoms with E-state index in [0.29, 0.717) is 30.0 Å². The van der Waals surface area contributed by atoms with E-state index >= 15 is 0 Å². The van der Waals surface area contributed by atoms with Gasteiger partial charge in [0.05, 0.1) is 23.1 Å². The lowest BCUT2D eigenvalue weighted by molar-refractivity contribution is 0.0361. The molecule has 1 aliphatic heterocycles. The van der Waals surface area contributed by atoms with Crippen LogP contribution in [0, 0.1) is 12.8 Å². The molecule has 1 saturated heterocycles. The van der Waals surface area contributed by atoms with Crippen molar-refractivity contribution in [1.82, 2.24) is 9.88 Å². The van der Waals surface area contributed by atoms with Crippen LogP contribution in [0.25, 0.3) is 0 Å². The summed E-state index contributed by atoms with van der Waals surface area (Å²) in [4.78, 5) is 17.8. The lowest BCUT2D eigenvalue weighted by Gasteiger charge is -2.38. The number of anilines is 1. The van der Waals surface area contributed by atoms with Gasteiger partial charge in [0, 0.05) is 25.6 Å². The molecule has 0 saturated carbocycles. The number of aliphatic hydroxyl groups excluding tert-OH is 1.